The molecule has 1 aromatic carbocycles. The van der Waals surface area contributed by atoms with Crippen molar-refractivity contribution in [2.45, 2.75) is 38.8 Å². The van der Waals surface area contributed by atoms with Gasteiger partial charge in [0.25, 0.3) is 0 Å². The first-order chi connectivity index (χ1) is 12.5. The first kappa shape index (κ1) is 19.9. The second-order valence-electron chi connectivity index (χ2n) is 6.38. The number of rotatable bonds is 10. The topological polar surface area (TPSA) is 92.2 Å². The molecule has 0 aliphatic carbocycles. The summed E-state index contributed by atoms with van der Waals surface area (Å²) in [6.07, 6.45) is 1.99. The van der Waals surface area contributed by atoms with Crippen LogP contribution in [-0.4, -0.2) is 48.6 Å². The maximum Gasteiger partial charge on any atom is 0.240 e. The van der Waals surface area contributed by atoms with Crippen molar-refractivity contribution in [2.24, 2.45) is 5.10 Å². The van der Waals surface area contributed by atoms with Gasteiger partial charge in [-0.15, -0.1) is 0 Å². The molecule has 0 spiro atoms. The van der Waals surface area contributed by atoms with Gasteiger partial charge >= 0.3 is 0 Å². The smallest absolute Gasteiger partial charge is 0.240 e. The average Bonchev–Trinajstić information content (AvgIpc) is 2.64. The van der Waals surface area contributed by atoms with Gasteiger partial charge in [-0.3, -0.25) is 4.79 Å². The fraction of sp³-hybridized carbons (Fsp3) is 0.474. The highest BCUT2D eigenvalue weighted by molar-refractivity contribution is 6.04. The van der Waals surface area contributed by atoms with Gasteiger partial charge < -0.3 is 19.9 Å². The average molecular weight is 361 g/mol. The monoisotopic (exact) mass is 361 g/mol. The highest BCUT2D eigenvalue weighted by Gasteiger charge is 2.16. The van der Waals surface area contributed by atoms with E-state index in [4.69, 9.17) is 9.47 Å². The zero-order valence-electron chi connectivity index (χ0n) is 15.3. The van der Waals surface area contributed by atoms with Gasteiger partial charge in [-0.25, -0.2) is 5.43 Å². The van der Waals surface area contributed by atoms with Crippen LogP contribution in [0.25, 0.3) is 0 Å². The SMILES string of the molecule is C=CCOc1ccc(C2=NNC(=O)CC2)cc1OCC(O)CNC(C)C. The molecular formula is C19H27N3O4. The van der Waals surface area contributed by atoms with Crippen LogP contribution in [0, 0.1) is 0 Å². The Morgan fingerprint density at radius 2 is 2.15 bits per heavy atom. The molecule has 0 saturated carbocycles. The molecule has 1 unspecified atom stereocenters. The van der Waals surface area contributed by atoms with E-state index in [0.29, 0.717) is 43.5 Å². The van der Waals surface area contributed by atoms with Crippen LogP contribution >= 0.6 is 0 Å². The summed E-state index contributed by atoms with van der Waals surface area (Å²) in [4.78, 5) is 11.3. The molecular weight excluding hydrogens is 334 g/mol. The number of hydrogen-bond donors (Lipinski definition) is 3. The third kappa shape index (κ3) is 6.16. The molecule has 0 saturated heterocycles. The van der Waals surface area contributed by atoms with Gasteiger partial charge in [-0.05, 0) is 18.2 Å². The van der Waals surface area contributed by atoms with E-state index in [1.165, 1.54) is 0 Å². The summed E-state index contributed by atoms with van der Waals surface area (Å²) < 4.78 is 11.4. The van der Waals surface area contributed by atoms with E-state index in [2.05, 4.69) is 22.4 Å². The van der Waals surface area contributed by atoms with Crippen molar-refractivity contribution in [3.8, 4) is 11.5 Å². The molecule has 7 nitrogen and oxygen atoms in total. The predicted molar refractivity (Wildman–Crippen MR) is 101 cm³/mol. The van der Waals surface area contributed by atoms with Crippen LogP contribution in [0.2, 0.25) is 0 Å². The summed E-state index contributed by atoms with van der Waals surface area (Å²) in [5.41, 5.74) is 4.12. The molecule has 7 heteroatoms. The van der Waals surface area contributed by atoms with Crippen LogP contribution in [0.1, 0.15) is 32.3 Å². The van der Waals surface area contributed by atoms with Crippen molar-refractivity contribution in [1.82, 2.24) is 10.7 Å². The fourth-order valence-corrected chi connectivity index (χ4v) is 2.37. The Balaban J connectivity index is 2.10. The number of nitrogens with one attached hydrogen (secondary N) is 2. The zero-order chi connectivity index (χ0) is 18.9. The lowest BCUT2D eigenvalue weighted by atomic mass is 10.0. The predicted octanol–water partition coefficient (Wildman–Crippen LogP) is 1.60. The number of aliphatic hydroxyl groups excluding tert-OH is 1. The number of carbonyl (C=O) groups is 1. The second-order valence-corrected chi connectivity index (χ2v) is 6.38. The van der Waals surface area contributed by atoms with Gasteiger partial charge in [-0.2, -0.15) is 5.10 Å². The van der Waals surface area contributed by atoms with Crippen LogP contribution in [0.4, 0.5) is 0 Å². The molecule has 1 aromatic rings. The van der Waals surface area contributed by atoms with Crippen molar-refractivity contribution in [3.63, 3.8) is 0 Å². The summed E-state index contributed by atoms with van der Waals surface area (Å²) in [6, 6.07) is 5.78. The molecule has 1 aliphatic rings. The third-order valence-electron chi connectivity index (χ3n) is 3.73. The number of nitrogens with zero attached hydrogens (tertiary/aromatic N) is 1. The zero-order valence-corrected chi connectivity index (χ0v) is 15.3. The lowest BCUT2D eigenvalue weighted by Crippen LogP contribution is -2.35. The van der Waals surface area contributed by atoms with E-state index >= 15 is 0 Å². The van der Waals surface area contributed by atoms with E-state index < -0.39 is 6.10 Å². The van der Waals surface area contributed by atoms with Crippen LogP contribution < -0.4 is 20.2 Å². The minimum Gasteiger partial charge on any atom is -0.487 e. The van der Waals surface area contributed by atoms with Gasteiger partial charge in [0.15, 0.2) is 11.5 Å². The van der Waals surface area contributed by atoms with E-state index in [1.54, 1.807) is 12.1 Å². The molecule has 0 aromatic heterocycles. The van der Waals surface area contributed by atoms with Gasteiger partial charge in [0, 0.05) is 31.0 Å². The van der Waals surface area contributed by atoms with E-state index in [-0.39, 0.29) is 12.5 Å². The van der Waals surface area contributed by atoms with Crippen molar-refractivity contribution >= 4 is 11.6 Å². The van der Waals surface area contributed by atoms with Gasteiger partial charge in [0.1, 0.15) is 19.3 Å². The highest BCUT2D eigenvalue weighted by Crippen LogP contribution is 2.29. The molecule has 0 radical (unpaired) electrons. The maximum atomic E-state index is 11.3. The fourth-order valence-electron chi connectivity index (χ4n) is 2.37. The molecule has 3 N–H and O–H groups in total. The number of hydrazone groups is 1. The molecule has 1 amide bonds. The number of benzene rings is 1. The van der Waals surface area contributed by atoms with Crippen molar-refractivity contribution in [1.29, 1.82) is 0 Å². The standard InChI is InChI=1S/C19H27N3O4/c1-4-9-25-17-7-5-14(16-6-8-19(24)22-21-16)10-18(17)26-12-15(23)11-20-13(2)3/h4-5,7,10,13,15,20,23H,1,6,8-9,11-12H2,2-3H3,(H,22,24). The molecule has 0 fully saturated rings. The summed E-state index contributed by atoms with van der Waals surface area (Å²) >= 11 is 0. The quantitative estimate of drug-likeness (QED) is 0.551. The first-order valence-corrected chi connectivity index (χ1v) is 8.77. The minimum absolute atomic E-state index is 0.0862. The number of ether oxygens (including phenoxy) is 2. The van der Waals surface area contributed by atoms with Gasteiger partial charge in [0.05, 0.1) is 5.71 Å². The van der Waals surface area contributed by atoms with Gasteiger partial charge in [-0.1, -0.05) is 26.5 Å². The molecule has 2 rings (SSSR count). The summed E-state index contributed by atoms with van der Waals surface area (Å²) in [5.74, 6) is 1.00. The van der Waals surface area contributed by atoms with E-state index in [0.717, 1.165) is 11.3 Å². The Bertz CT molecular complexity index is 658. The molecule has 1 aliphatic heterocycles. The lowest BCUT2D eigenvalue weighted by molar-refractivity contribution is -0.121. The first-order valence-electron chi connectivity index (χ1n) is 8.77. The molecule has 1 atom stereocenters. The minimum atomic E-state index is -0.639. The normalized spacial score (nSPS) is 15.2. The third-order valence-corrected chi connectivity index (χ3v) is 3.73. The maximum absolute atomic E-state index is 11.3. The summed E-state index contributed by atoms with van der Waals surface area (Å²) in [7, 11) is 0. The Hall–Kier alpha value is -2.38. The number of amides is 1. The summed E-state index contributed by atoms with van der Waals surface area (Å²) in [6.45, 7) is 8.61. The Labute approximate surface area is 154 Å². The second kappa shape index (κ2) is 9.94. The Morgan fingerprint density at radius 1 is 1.35 bits per heavy atom. The molecule has 142 valence electrons. The molecule has 26 heavy (non-hydrogen) atoms. The lowest BCUT2D eigenvalue weighted by Gasteiger charge is -2.18. The highest BCUT2D eigenvalue weighted by atomic mass is 16.5. The Morgan fingerprint density at radius 3 is 2.81 bits per heavy atom. The molecule has 0 bridgehead atoms. The summed E-state index contributed by atoms with van der Waals surface area (Å²) in [5, 5.41) is 17.3. The number of aliphatic hydroxyl groups is 1. The van der Waals surface area contributed by atoms with Crippen LogP contribution in [0.5, 0.6) is 11.5 Å². The Kier molecular flexibility index (Phi) is 7.62. The molecule has 1 heterocycles. The van der Waals surface area contributed by atoms with Crippen LogP contribution in [-0.2, 0) is 4.79 Å². The van der Waals surface area contributed by atoms with Gasteiger partial charge in [0.2, 0.25) is 5.91 Å². The largest absolute Gasteiger partial charge is 0.487 e. The number of hydrogen-bond acceptors (Lipinski definition) is 6. The number of carbonyl (C=O) groups excluding carboxylic acids is 1. The van der Waals surface area contributed by atoms with Crippen molar-refractivity contribution < 1.29 is 19.4 Å². The van der Waals surface area contributed by atoms with E-state index in [1.807, 2.05) is 26.0 Å². The van der Waals surface area contributed by atoms with Crippen LogP contribution in [0.15, 0.2) is 36.0 Å². The van der Waals surface area contributed by atoms with E-state index in [9.17, 15) is 9.90 Å². The van der Waals surface area contributed by atoms with Crippen molar-refractivity contribution in [2.75, 3.05) is 19.8 Å². The van der Waals surface area contributed by atoms with Crippen LogP contribution in [0.3, 0.4) is 0 Å². The van der Waals surface area contributed by atoms with Crippen molar-refractivity contribution in [3.05, 3.63) is 36.4 Å².